The molecule has 0 spiro atoms. The molecule has 4 saturated carbocycles. The van der Waals surface area contributed by atoms with Gasteiger partial charge in [0.2, 0.25) is 17.7 Å². The fraction of sp³-hybridized carbons (Fsp3) is 0.625. The summed E-state index contributed by atoms with van der Waals surface area (Å²) in [5.41, 5.74) is 15.4. The van der Waals surface area contributed by atoms with Crippen molar-refractivity contribution in [3.63, 3.8) is 0 Å². The van der Waals surface area contributed by atoms with Gasteiger partial charge in [0.05, 0.1) is 18.6 Å². The van der Waals surface area contributed by atoms with Gasteiger partial charge in [0.25, 0.3) is 0 Å². The topological polar surface area (TPSA) is 131 Å². The molecule has 262 valence electrons. The highest BCUT2D eigenvalue weighted by Crippen LogP contribution is 2.61. The average Bonchev–Trinajstić information content (AvgIpc) is 3.03. The van der Waals surface area contributed by atoms with Gasteiger partial charge in [-0.25, -0.2) is 0 Å². The van der Waals surface area contributed by atoms with Crippen molar-refractivity contribution >= 4 is 17.7 Å². The summed E-state index contributed by atoms with van der Waals surface area (Å²) in [5.74, 6) is 1.78. The maximum atomic E-state index is 14.3. The van der Waals surface area contributed by atoms with Crippen LogP contribution in [0.1, 0.15) is 102 Å². The molecular formula is C40H59N5O3. The second-order valence-corrected chi connectivity index (χ2v) is 16.4. The third-order valence-corrected chi connectivity index (χ3v) is 11.1. The molecule has 0 heterocycles. The number of hydrogen-bond acceptors (Lipinski definition) is 5. The predicted molar refractivity (Wildman–Crippen MR) is 192 cm³/mol. The standard InChI is InChI=1S/C40H59N5O3/c1-39(2,3)33-14-12-29(13-15-33)25-43-36(46)27-45(37(47)24-40-21-30-17-31(22-40)19-32(18-30)23-40)26-34(20-28-9-5-4-6-10-28)44-38(48)35(42)11-7-8-16-41/h4-6,9-10,12-15,30-32,34-35H,7-8,11,16-27,41-42H2,1-3H3,(H,43,46)(H,44,48)/t30?,31?,32?,34-,35-,40?/m0/s1. The molecule has 6 rings (SSSR count). The smallest absolute Gasteiger partial charge is 0.239 e. The van der Waals surface area contributed by atoms with Crippen LogP contribution in [0.15, 0.2) is 54.6 Å². The van der Waals surface area contributed by atoms with E-state index in [1.54, 1.807) is 4.90 Å². The molecule has 0 aromatic heterocycles. The zero-order valence-corrected chi connectivity index (χ0v) is 29.5. The molecule has 48 heavy (non-hydrogen) atoms. The molecule has 4 bridgehead atoms. The van der Waals surface area contributed by atoms with E-state index in [1.165, 1.54) is 24.8 Å². The van der Waals surface area contributed by atoms with E-state index in [2.05, 4.69) is 55.7 Å². The summed E-state index contributed by atoms with van der Waals surface area (Å²) in [5, 5.41) is 6.23. The van der Waals surface area contributed by atoms with Crippen molar-refractivity contribution in [2.24, 2.45) is 34.6 Å². The molecule has 4 fully saturated rings. The van der Waals surface area contributed by atoms with Crippen molar-refractivity contribution in [2.75, 3.05) is 19.6 Å². The number of amides is 3. The first-order valence-corrected chi connectivity index (χ1v) is 18.4. The summed E-state index contributed by atoms with van der Waals surface area (Å²) < 4.78 is 0. The molecule has 6 N–H and O–H groups in total. The van der Waals surface area contributed by atoms with Crippen molar-refractivity contribution in [3.8, 4) is 0 Å². The lowest BCUT2D eigenvalue weighted by Gasteiger charge is -2.57. The molecule has 4 aliphatic rings. The average molecular weight is 658 g/mol. The summed E-state index contributed by atoms with van der Waals surface area (Å²) in [7, 11) is 0. The van der Waals surface area contributed by atoms with Gasteiger partial charge < -0.3 is 27.0 Å². The Morgan fingerprint density at radius 2 is 1.52 bits per heavy atom. The number of hydrogen-bond donors (Lipinski definition) is 4. The minimum atomic E-state index is -0.654. The van der Waals surface area contributed by atoms with Crippen LogP contribution in [-0.2, 0) is 32.8 Å². The van der Waals surface area contributed by atoms with Crippen molar-refractivity contribution in [3.05, 3.63) is 71.3 Å². The van der Waals surface area contributed by atoms with Crippen molar-refractivity contribution in [1.29, 1.82) is 0 Å². The Balaban J connectivity index is 1.31. The van der Waals surface area contributed by atoms with E-state index in [0.717, 1.165) is 61.0 Å². The molecule has 0 aliphatic heterocycles. The molecule has 8 nitrogen and oxygen atoms in total. The number of unbranched alkanes of at least 4 members (excludes halogenated alkanes) is 1. The maximum Gasteiger partial charge on any atom is 0.239 e. The van der Waals surface area contributed by atoms with Gasteiger partial charge in [-0.15, -0.1) is 0 Å². The normalized spacial score (nSPS) is 24.1. The Morgan fingerprint density at radius 1 is 0.896 bits per heavy atom. The first kappa shape index (κ1) is 36.1. The summed E-state index contributed by atoms with van der Waals surface area (Å²) in [6.45, 7) is 7.70. The van der Waals surface area contributed by atoms with Gasteiger partial charge in [0.15, 0.2) is 0 Å². The molecule has 4 aliphatic carbocycles. The zero-order chi connectivity index (χ0) is 34.3. The monoisotopic (exact) mass is 657 g/mol. The van der Waals surface area contributed by atoms with Crippen LogP contribution in [0.5, 0.6) is 0 Å². The molecular weight excluding hydrogens is 598 g/mol. The number of benzene rings is 2. The van der Waals surface area contributed by atoms with E-state index in [1.807, 2.05) is 30.3 Å². The lowest BCUT2D eigenvalue weighted by molar-refractivity contribution is -0.143. The van der Waals surface area contributed by atoms with E-state index in [0.29, 0.717) is 32.4 Å². The van der Waals surface area contributed by atoms with Gasteiger partial charge >= 0.3 is 0 Å². The number of nitrogens with two attached hydrogens (primary N) is 2. The lowest BCUT2D eigenvalue weighted by atomic mass is 9.49. The number of nitrogens with zero attached hydrogens (tertiary/aromatic N) is 1. The minimum absolute atomic E-state index is 0.0150. The van der Waals surface area contributed by atoms with Gasteiger partial charge in [0.1, 0.15) is 0 Å². The Morgan fingerprint density at radius 3 is 2.10 bits per heavy atom. The SMILES string of the molecule is CC(C)(C)c1ccc(CNC(=O)CN(C[C@H](Cc2ccccc2)NC(=O)[C@@H](N)CCCCN)C(=O)CC23CC4CC(CC(C4)C2)C3)cc1. The van der Waals surface area contributed by atoms with E-state index >= 15 is 0 Å². The van der Waals surface area contributed by atoms with Gasteiger partial charge in [0, 0.05) is 19.5 Å². The van der Waals surface area contributed by atoms with E-state index in [4.69, 9.17) is 11.5 Å². The molecule has 2 atom stereocenters. The number of nitrogens with one attached hydrogen (secondary N) is 2. The van der Waals surface area contributed by atoms with Gasteiger partial charge in [-0.05, 0) is 110 Å². The van der Waals surface area contributed by atoms with Crippen LogP contribution in [-0.4, -0.2) is 54.3 Å². The van der Waals surface area contributed by atoms with E-state index in [9.17, 15) is 14.4 Å². The zero-order valence-electron chi connectivity index (χ0n) is 29.5. The Hall–Kier alpha value is -3.23. The molecule has 8 heteroatoms. The molecule has 0 unspecified atom stereocenters. The van der Waals surface area contributed by atoms with Crippen molar-refractivity contribution < 1.29 is 14.4 Å². The molecule has 0 saturated heterocycles. The highest BCUT2D eigenvalue weighted by atomic mass is 16.2. The van der Waals surface area contributed by atoms with Crippen LogP contribution in [0.25, 0.3) is 0 Å². The lowest BCUT2D eigenvalue weighted by Crippen LogP contribution is -2.54. The van der Waals surface area contributed by atoms with Crippen molar-refractivity contribution in [1.82, 2.24) is 15.5 Å². The Kier molecular flexibility index (Phi) is 12.0. The van der Waals surface area contributed by atoms with Crippen LogP contribution in [0.2, 0.25) is 0 Å². The Labute approximate surface area is 288 Å². The quantitative estimate of drug-likeness (QED) is 0.184. The molecule has 2 aromatic carbocycles. The fourth-order valence-electron chi connectivity index (χ4n) is 9.02. The second kappa shape index (κ2) is 16.0. The predicted octanol–water partition coefficient (Wildman–Crippen LogP) is 5.22. The fourth-order valence-corrected chi connectivity index (χ4v) is 9.02. The first-order valence-electron chi connectivity index (χ1n) is 18.4. The van der Waals surface area contributed by atoms with Crippen LogP contribution < -0.4 is 22.1 Å². The van der Waals surface area contributed by atoms with Crippen LogP contribution in [0.4, 0.5) is 0 Å². The number of carbonyl (C=O) groups excluding carboxylic acids is 3. The Bertz CT molecular complexity index is 1330. The molecule has 3 amide bonds. The van der Waals surface area contributed by atoms with Crippen LogP contribution in [0, 0.1) is 23.2 Å². The third kappa shape index (κ3) is 9.91. The minimum Gasteiger partial charge on any atom is -0.350 e. The molecule has 2 aromatic rings. The summed E-state index contributed by atoms with van der Waals surface area (Å²) in [4.78, 5) is 42.9. The first-order chi connectivity index (χ1) is 22.9. The highest BCUT2D eigenvalue weighted by Gasteiger charge is 2.51. The number of carbonyl (C=O) groups is 3. The number of rotatable bonds is 16. The summed E-state index contributed by atoms with van der Waals surface area (Å²) in [6, 6.07) is 17.3. The maximum absolute atomic E-state index is 14.3. The van der Waals surface area contributed by atoms with Crippen LogP contribution >= 0.6 is 0 Å². The van der Waals surface area contributed by atoms with Crippen molar-refractivity contribution in [2.45, 2.75) is 115 Å². The van der Waals surface area contributed by atoms with E-state index in [-0.39, 0.29) is 41.6 Å². The second-order valence-electron chi connectivity index (χ2n) is 16.4. The largest absolute Gasteiger partial charge is 0.350 e. The highest BCUT2D eigenvalue weighted by molar-refractivity contribution is 5.85. The van der Waals surface area contributed by atoms with E-state index < -0.39 is 12.1 Å². The third-order valence-electron chi connectivity index (χ3n) is 11.1. The summed E-state index contributed by atoms with van der Waals surface area (Å²) in [6.07, 6.45) is 10.5. The van der Waals surface area contributed by atoms with Crippen LogP contribution in [0.3, 0.4) is 0 Å². The summed E-state index contributed by atoms with van der Waals surface area (Å²) >= 11 is 0. The van der Waals surface area contributed by atoms with Gasteiger partial charge in [-0.2, -0.15) is 0 Å². The van der Waals surface area contributed by atoms with Gasteiger partial charge in [-0.3, -0.25) is 14.4 Å². The molecule has 0 radical (unpaired) electrons. The van der Waals surface area contributed by atoms with Gasteiger partial charge in [-0.1, -0.05) is 81.8 Å².